The molecule has 1 aromatic carbocycles. The average Bonchev–Trinajstić information content (AvgIpc) is 3.20. The highest BCUT2D eigenvalue weighted by Crippen LogP contribution is 2.28. The summed E-state index contributed by atoms with van der Waals surface area (Å²) in [5.41, 5.74) is -0.0640. The molecule has 2 fully saturated rings. The highest BCUT2D eigenvalue weighted by atomic mass is 32.2. The molecule has 28 heavy (non-hydrogen) atoms. The van der Waals surface area contributed by atoms with Gasteiger partial charge in [0, 0.05) is 30.6 Å². The van der Waals surface area contributed by atoms with E-state index in [4.69, 9.17) is 9.15 Å². The third kappa shape index (κ3) is 4.00. The maximum absolute atomic E-state index is 13.6. The fourth-order valence-electron chi connectivity index (χ4n) is 4.06. The van der Waals surface area contributed by atoms with Crippen molar-refractivity contribution in [3.63, 3.8) is 0 Å². The molecule has 2 aromatic rings. The van der Waals surface area contributed by atoms with Gasteiger partial charge in [0.2, 0.25) is 10.0 Å². The Morgan fingerprint density at radius 1 is 1.14 bits per heavy atom. The molecule has 0 amide bonds. The Labute approximate surface area is 164 Å². The van der Waals surface area contributed by atoms with Crippen LogP contribution in [0.4, 0.5) is 0 Å². The monoisotopic (exact) mass is 406 g/mol. The summed E-state index contributed by atoms with van der Waals surface area (Å²) < 4.78 is 39.7. The molecule has 0 radical (unpaired) electrons. The Balaban J connectivity index is 1.68. The van der Waals surface area contributed by atoms with Gasteiger partial charge in [-0.1, -0.05) is 0 Å². The fraction of sp³-hybridized carbons (Fsp3) is 0.550. The standard InChI is InChI=1S/C20H26N2O5S/c1-21-10-8-16(9-11-21)22(14-17-3-2-12-26-17)28(24,25)18-5-6-19-15(13-18)4-7-20(23)27-19/h4-7,13,16-17H,2-3,8-12,14H2,1H3/t17-/m1/s1. The van der Waals surface area contributed by atoms with Crippen LogP contribution in [0, 0.1) is 0 Å². The topological polar surface area (TPSA) is 80.1 Å². The molecule has 0 bridgehead atoms. The number of hydrogen-bond donors (Lipinski definition) is 0. The smallest absolute Gasteiger partial charge is 0.336 e. The van der Waals surface area contributed by atoms with Crippen LogP contribution >= 0.6 is 0 Å². The SMILES string of the molecule is CN1CCC(N(C[C@H]2CCCO2)S(=O)(=O)c2ccc3oc(=O)ccc3c2)CC1. The molecule has 4 rings (SSSR count). The van der Waals surface area contributed by atoms with Crippen molar-refractivity contribution >= 4 is 21.0 Å². The summed E-state index contributed by atoms with van der Waals surface area (Å²) in [6, 6.07) is 7.54. The minimum absolute atomic E-state index is 0.0326. The summed E-state index contributed by atoms with van der Waals surface area (Å²) in [4.78, 5) is 13.8. The van der Waals surface area contributed by atoms with Gasteiger partial charge in [0.1, 0.15) is 5.58 Å². The van der Waals surface area contributed by atoms with Crippen LogP contribution in [-0.4, -0.2) is 63.1 Å². The van der Waals surface area contributed by atoms with Gasteiger partial charge in [0.25, 0.3) is 0 Å². The van der Waals surface area contributed by atoms with Crippen molar-refractivity contribution in [2.24, 2.45) is 0 Å². The van der Waals surface area contributed by atoms with Crippen LogP contribution in [0.2, 0.25) is 0 Å². The van der Waals surface area contributed by atoms with Crippen molar-refractivity contribution in [2.45, 2.75) is 42.7 Å². The van der Waals surface area contributed by atoms with E-state index in [9.17, 15) is 13.2 Å². The van der Waals surface area contributed by atoms with E-state index in [2.05, 4.69) is 11.9 Å². The van der Waals surface area contributed by atoms with Gasteiger partial charge in [-0.15, -0.1) is 0 Å². The van der Waals surface area contributed by atoms with E-state index in [-0.39, 0.29) is 17.0 Å². The molecule has 152 valence electrons. The maximum Gasteiger partial charge on any atom is 0.336 e. The molecule has 3 heterocycles. The summed E-state index contributed by atoms with van der Waals surface area (Å²) in [6.45, 7) is 2.84. The first-order valence-corrected chi connectivity index (χ1v) is 11.2. The van der Waals surface area contributed by atoms with Crippen LogP contribution in [0.25, 0.3) is 11.0 Å². The zero-order valence-electron chi connectivity index (χ0n) is 16.0. The lowest BCUT2D eigenvalue weighted by Gasteiger charge is -2.37. The summed E-state index contributed by atoms with van der Waals surface area (Å²) in [5.74, 6) is 0. The third-order valence-corrected chi connectivity index (χ3v) is 7.61. The van der Waals surface area contributed by atoms with E-state index in [0.29, 0.717) is 24.1 Å². The molecule has 7 nitrogen and oxygen atoms in total. The van der Waals surface area contributed by atoms with Crippen molar-refractivity contribution in [2.75, 3.05) is 33.3 Å². The summed E-state index contributed by atoms with van der Waals surface area (Å²) in [6.07, 6.45) is 3.44. The number of piperidine rings is 1. The number of likely N-dealkylation sites (tertiary alicyclic amines) is 1. The second-order valence-electron chi connectivity index (χ2n) is 7.70. The number of ether oxygens (including phenoxy) is 1. The average molecular weight is 407 g/mol. The molecule has 0 unspecified atom stereocenters. The molecule has 0 saturated carbocycles. The largest absolute Gasteiger partial charge is 0.423 e. The number of benzene rings is 1. The van der Waals surface area contributed by atoms with Crippen LogP contribution in [0.5, 0.6) is 0 Å². The Bertz CT molecular complexity index is 989. The van der Waals surface area contributed by atoms with Gasteiger partial charge in [0.05, 0.1) is 11.0 Å². The van der Waals surface area contributed by atoms with E-state index >= 15 is 0 Å². The Morgan fingerprint density at radius 3 is 2.64 bits per heavy atom. The molecule has 1 atom stereocenters. The molecule has 0 N–H and O–H groups in total. The summed E-state index contributed by atoms with van der Waals surface area (Å²) >= 11 is 0. The van der Waals surface area contributed by atoms with Gasteiger partial charge in [-0.05, 0) is 70.1 Å². The number of hydrogen-bond acceptors (Lipinski definition) is 6. The van der Waals surface area contributed by atoms with Gasteiger partial charge in [0.15, 0.2) is 0 Å². The molecule has 2 saturated heterocycles. The second-order valence-corrected chi connectivity index (χ2v) is 9.59. The van der Waals surface area contributed by atoms with Crippen molar-refractivity contribution in [1.82, 2.24) is 9.21 Å². The van der Waals surface area contributed by atoms with Gasteiger partial charge in [-0.2, -0.15) is 4.31 Å². The molecule has 8 heteroatoms. The van der Waals surface area contributed by atoms with E-state index in [1.807, 2.05) is 0 Å². The van der Waals surface area contributed by atoms with E-state index in [1.165, 1.54) is 12.1 Å². The first-order chi connectivity index (χ1) is 13.4. The predicted molar refractivity (Wildman–Crippen MR) is 106 cm³/mol. The Hall–Kier alpha value is -1.74. The molecule has 1 aromatic heterocycles. The van der Waals surface area contributed by atoms with Crippen molar-refractivity contribution in [3.05, 3.63) is 40.8 Å². The summed E-state index contributed by atoms with van der Waals surface area (Å²) in [7, 11) is -1.63. The fourth-order valence-corrected chi connectivity index (χ4v) is 5.81. The first-order valence-electron chi connectivity index (χ1n) is 9.79. The molecular formula is C20H26N2O5S. The zero-order chi connectivity index (χ0) is 19.7. The van der Waals surface area contributed by atoms with Crippen LogP contribution in [0.3, 0.4) is 0 Å². The van der Waals surface area contributed by atoms with Gasteiger partial charge < -0.3 is 14.1 Å². The zero-order valence-corrected chi connectivity index (χ0v) is 16.9. The van der Waals surface area contributed by atoms with Gasteiger partial charge in [-0.3, -0.25) is 0 Å². The highest BCUT2D eigenvalue weighted by Gasteiger charge is 2.36. The van der Waals surface area contributed by atoms with Crippen LogP contribution in [-0.2, 0) is 14.8 Å². The predicted octanol–water partition coefficient (Wildman–Crippen LogP) is 2.06. The molecular weight excluding hydrogens is 380 g/mol. The van der Waals surface area contributed by atoms with Crippen molar-refractivity contribution < 1.29 is 17.6 Å². The minimum Gasteiger partial charge on any atom is -0.423 e. The van der Waals surface area contributed by atoms with Crippen LogP contribution in [0.1, 0.15) is 25.7 Å². The lowest BCUT2D eigenvalue weighted by atomic mass is 10.1. The van der Waals surface area contributed by atoms with E-state index < -0.39 is 15.6 Å². The lowest BCUT2D eigenvalue weighted by molar-refractivity contribution is 0.0760. The minimum atomic E-state index is -3.69. The quantitative estimate of drug-likeness (QED) is 0.707. The second kappa shape index (κ2) is 7.94. The Kier molecular flexibility index (Phi) is 5.55. The van der Waals surface area contributed by atoms with Crippen LogP contribution < -0.4 is 5.63 Å². The van der Waals surface area contributed by atoms with E-state index in [0.717, 1.165) is 38.8 Å². The summed E-state index contributed by atoms with van der Waals surface area (Å²) in [5, 5.41) is 0.598. The maximum atomic E-state index is 13.6. The number of rotatable bonds is 5. The lowest BCUT2D eigenvalue weighted by Crippen LogP contribution is -2.49. The third-order valence-electron chi connectivity index (χ3n) is 5.70. The highest BCUT2D eigenvalue weighted by molar-refractivity contribution is 7.89. The van der Waals surface area contributed by atoms with E-state index in [1.54, 1.807) is 22.5 Å². The molecule has 0 spiro atoms. The Morgan fingerprint density at radius 2 is 1.93 bits per heavy atom. The number of fused-ring (bicyclic) bond motifs is 1. The van der Waals surface area contributed by atoms with Crippen molar-refractivity contribution in [3.8, 4) is 0 Å². The van der Waals surface area contributed by atoms with Gasteiger partial charge in [-0.25, -0.2) is 13.2 Å². The molecule has 2 aliphatic heterocycles. The normalized spacial score (nSPS) is 22.3. The first kappa shape index (κ1) is 19.6. The number of nitrogens with zero attached hydrogens (tertiary/aromatic N) is 2. The molecule has 0 aliphatic carbocycles. The van der Waals surface area contributed by atoms with Crippen LogP contribution in [0.15, 0.2) is 44.4 Å². The number of sulfonamides is 1. The van der Waals surface area contributed by atoms with Gasteiger partial charge >= 0.3 is 5.63 Å². The van der Waals surface area contributed by atoms with Crippen molar-refractivity contribution in [1.29, 1.82) is 0 Å². The molecule has 2 aliphatic rings.